The van der Waals surface area contributed by atoms with Crippen molar-refractivity contribution in [2.24, 2.45) is 0 Å². The van der Waals surface area contributed by atoms with E-state index >= 15 is 0 Å². The minimum atomic E-state index is -0.598. The maximum absolute atomic E-state index is 12.3. The lowest BCUT2D eigenvalue weighted by Crippen LogP contribution is -2.13. The van der Waals surface area contributed by atoms with Crippen LogP contribution in [0.5, 0.6) is 11.5 Å². The Labute approximate surface area is 133 Å². The summed E-state index contributed by atoms with van der Waals surface area (Å²) in [6.07, 6.45) is 0. The summed E-state index contributed by atoms with van der Waals surface area (Å²) in [6.45, 7) is 3.39. The molecule has 0 aliphatic carbocycles. The lowest BCUT2D eigenvalue weighted by molar-refractivity contribution is 0.0600. The second kappa shape index (κ2) is 6.39. The summed E-state index contributed by atoms with van der Waals surface area (Å²) < 4.78 is 4.66. The molecule has 120 valence electrons. The zero-order valence-electron chi connectivity index (χ0n) is 13.0. The molecule has 0 spiro atoms. The van der Waals surface area contributed by atoms with Crippen molar-refractivity contribution in [1.82, 2.24) is 0 Å². The van der Waals surface area contributed by atoms with Crippen LogP contribution in [-0.2, 0) is 4.74 Å². The van der Waals surface area contributed by atoms with E-state index in [0.29, 0.717) is 16.8 Å². The molecule has 0 atom stereocenters. The number of carbonyl (C=O) groups excluding carboxylic acids is 2. The summed E-state index contributed by atoms with van der Waals surface area (Å²) in [5.41, 5.74) is 1.85. The van der Waals surface area contributed by atoms with Gasteiger partial charge in [0, 0.05) is 5.69 Å². The van der Waals surface area contributed by atoms with Gasteiger partial charge in [0.25, 0.3) is 5.91 Å². The Morgan fingerprint density at radius 3 is 2.35 bits per heavy atom. The molecule has 6 nitrogen and oxygen atoms in total. The Bertz CT molecular complexity index is 783. The average Bonchev–Trinajstić information content (AvgIpc) is 2.49. The molecule has 2 aromatic rings. The Balaban J connectivity index is 2.32. The van der Waals surface area contributed by atoms with Crippen LogP contribution in [0.3, 0.4) is 0 Å². The van der Waals surface area contributed by atoms with Gasteiger partial charge in [0.15, 0.2) is 0 Å². The summed E-state index contributed by atoms with van der Waals surface area (Å²) >= 11 is 0. The maximum Gasteiger partial charge on any atom is 0.337 e. The van der Waals surface area contributed by atoms with Crippen LogP contribution in [0.2, 0.25) is 0 Å². The van der Waals surface area contributed by atoms with Crippen molar-refractivity contribution in [3.8, 4) is 11.5 Å². The third kappa shape index (κ3) is 3.60. The SMILES string of the molecule is COC(=O)c1cc(C)cc(NC(=O)c2cc(O)c(C)cc2O)c1. The summed E-state index contributed by atoms with van der Waals surface area (Å²) in [5, 5.41) is 22.1. The van der Waals surface area contributed by atoms with Crippen molar-refractivity contribution in [2.75, 3.05) is 12.4 Å². The molecule has 3 N–H and O–H groups in total. The Morgan fingerprint density at radius 2 is 1.70 bits per heavy atom. The third-order valence-electron chi connectivity index (χ3n) is 3.32. The third-order valence-corrected chi connectivity index (χ3v) is 3.32. The van der Waals surface area contributed by atoms with Crippen LogP contribution in [0.4, 0.5) is 5.69 Å². The fourth-order valence-electron chi connectivity index (χ4n) is 2.15. The molecule has 0 aromatic heterocycles. The second-order valence-electron chi connectivity index (χ2n) is 5.19. The van der Waals surface area contributed by atoms with E-state index in [2.05, 4.69) is 10.1 Å². The van der Waals surface area contributed by atoms with Gasteiger partial charge in [0.2, 0.25) is 0 Å². The van der Waals surface area contributed by atoms with Gasteiger partial charge < -0.3 is 20.3 Å². The van der Waals surface area contributed by atoms with Gasteiger partial charge in [0.1, 0.15) is 11.5 Å². The predicted octanol–water partition coefficient (Wildman–Crippen LogP) is 2.75. The number of benzene rings is 2. The lowest BCUT2D eigenvalue weighted by atomic mass is 10.1. The van der Waals surface area contributed by atoms with Crippen molar-refractivity contribution in [1.29, 1.82) is 0 Å². The Hall–Kier alpha value is -3.02. The molecule has 0 bridgehead atoms. The second-order valence-corrected chi connectivity index (χ2v) is 5.19. The molecule has 2 aromatic carbocycles. The molecule has 0 radical (unpaired) electrons. The summed E-state index contributed by atoms with van der Waals surface area (Å²) in [6, 6.07) is 7.28. The maximum atomic E-state index is 12.3. The van der Waals surface area contributed by atoms with Crippen LogP contribution in [0.25, 0.3) is 0 Å². The first-order chi connectivity index (χ1) is 10.8. The molecule has 0 saturated heterocycles. The first-order valence-corrected chi connectivity index (χ1v) is 6.85. The number of hydrogen-bond acceptors (Lipinski definition) is 5. The van der Waals surface area contributed by atoms with Gasteiger partial charge >= 0.3 is 5.97 Å². The number of aryl methyl sites for hydroxylation is 2. The standard InChI is InChI=1S/C17H17NO5/c1-9-4-11(17(22)23-3)7-12(5-9)18-16(21)13-8-14(19)10(2)6-15(13)20/h4-8,19-20H,1-3H3,(H,18,21). The van der Waals surface area contributed by atoms with Crippen LogP contribution in [-0.4, -0.2) is 29.2 Å². The monoisotopic (exact) mass is 315 g/mol. The van der Waals surface area contributed by atoms with E-state index in [9.17, 15) is 19.8 Å². The number of phenols is 2. The van der Waals surface area contributed by atoms with Gasteiger partial charge in [-0.25, -0.2) is 4.79 Å². The highest BCUT2D eigenvalue weighted by molar-refractivity contribution is 6.07. The van der Waals surface area contributed by atoms with Crippen LogP contribution in [0.15, 0.2) is 30.3 Å². The van der Waals surface area contributed by atoms with E-state index in [-0.39, 0.29) is 17.1 Å². The van der Waals surface area contributed by atoms with E-state index in [1.165, 1.54) is 25.3 Å². The molecule has 0 unspecified atom stereocenters. The lowest BCUT2D eigenvalue weighted by Gasteiger charge is -2.10. The molecular weight excluding hydrogens is 298 g/mol. The van der Waals surface area contributed by atoms with Gasteiger partial charge in [-0.1, -0.05) is 0 Å². The van der Waals surface area contributed by atoms with Gasteiger partial charge in [-0.15, -0.1) is 0 Å². The molecule has 6 heteroatoms. The number of esters is 1. The fraction of sp³-hybridized carbons (Fsp3) is 0.176. The van der Waals surface area contributed by atoms with Crippen molar-refractivity contribution in [3.63, 3.8) is 0 Å². The number of phenolic OH excluding ortho intramolecular Hbond substituents is 2. The normalized spacial score (nSPS) is 10.2. The Morgan fingerprint density at radius 1 is 1.00 bits per heavy atom. The van der Waals surface area contributed by atoms with Crippen molar-refractivity contribution < 1.29 is 24.5 Å². The van der Waals surface area contributed by atoms with E-state index in [1.807, 2.05) is 0 Å². The van der Waals surface area contributed by atoms with E-state index < -0.39 is 11.9 Å². The van der Waals surface area contributed by atoms with Crippen LogP contribution >= 0.6 is 0 Å². The number of hydrogen-bond donors (Lipinski definition) is 3. The van der Waals surface area contributed by atoms with Gasteiger partial charge in [-0.05, 0) is 55.3 Å². The minimum absolute atomic E-state index is 0.0609. The zero-order valence-corrected chi connectivity index (χ0v) is 13.0. The topological polar surface area (TPSA) is 95.9 Å². The molecular formula is C17H17NO5. The van der Waals surface area contributed by atoms with Gasteiger partial charge in [0.05, 0.1) is 18.2 Å². The number of ether oxygens (including phenoxy) is 1. The van der Waals surface area contributed by atoms with Crippen molar-refractivity contribution in [3.05, 3.63) is 52.6 Å². The summed E-state index contributed by atoms with van der Waals surface area (Å²) in [5.74, 6) is -1.44. The smallest absolute Gasteiger partial charge is 0.337 e. The number of anilines is 1. The predicted molar refractivity (Wildman–Crippen MR) is 85.0 cm³/mol. The number of nitrogens with one attached hydrogen (secondary N) is 1. The highest BCUT2D eigenvalue weighted by atomic mass is 16.5. The molecule has 1 amide bonds. The van der Waals surface area contributed by atoms with Crippen molar-refractivity contribution in [2.45, 2.75) is 13.8 Å². The molecule has 0 saturated carbocycles. The molecule has 23 heavy (non-hydrogen) atoms. The summed E-state index contributed by atoms with van der Waals surface area (Å²) in [4.78, 5) is 23.9. The molecule has 0 aliphatic rings. The molecule has 0 aliphatic heterocycles. The Kier molecular flexibility index (Phi) is 4.55. The first kappa shape index (κ1) is 16.4. The molecule has 0 heterocycles. The number of amides is 1. The number of carbonyl (C=O) groups is 2. The first-order valence-electron chi connectivity index (χ1n) is 6.85. The van der Waals surface area contributed by atoms with Gasteiger partial charge in [-0.2, -0.15) is 0 Å². The number of methoxy groups -OCH3 is 1. The van der Waals surface area contributed by atoms with Crippen LogP contribution in [0, 0.1) is 13.8 Å². The largest absolute Gasteiger partial charge is 0.508 e. The van der Waals surface area contributed by atoms with E-state index in [4.69, 9.17) is 0 Å². The number of aromatic hydroxyl groups is 2. The zero-order chi connectivity index (χ0) is 17.1. The number of rotatable bonds is 3. The average molecular weight is 315 g/mol. The van der Waals surface area contributed by atoms with E-state index in [0.717, 1.165) is 5.56 Å². The minimum Gasteiger partial charge on any atom is -0.508 e. The quantitative estimate of drug-likeness (QED) is 0.598. The fourth-order valence-corrected chi connectivity index (χ4v) is 2.15. The molecule has 2 rings (SSSR count). The van der Waals surface area contributed by atoms with Gasteiger partial charge in [-0.3, -0.25) is 4.79 Å². The van der Waals surface area contributed by atoms with E-state index in [1.54, 1.807) is 26.0 Å². The van der Waals surface area contributed by atoms with Crippen LogP contribution < -0.4 is 5.32 Å². The van der Waals surface area contributed by atoms with Crippen LogP contribution in [0.1, 0.15) is 31.8 Å². The molecule has 0 fully saturated rings. The highest BCUT2D eigenvalue weighted by Gasteiger charge is 2.15. The van der Waals surface area contributed by atoms with Crippen molar-refractivity contribution >= 4 is 17.6 Å². The summed E-state index contributed by atoms with van der Waals surface area (Å²) in [7, 11) is 1.27. The highest BCUT2D eigenvalue weighted by Crippen LogP contribution is 2.27.